The first kappa shape index (κ1) is 20.9. The molecule has 1 aromatic rings. The van der Waals surface area contributed by atoms with Crippen molar-refractivity contribution in [2.75, 3.05) is 19.6 Å². The van der Waals surface area contributed by atoms with Gasteiger partial charge < -0.3 is 14.8 Å². The van der Waals surface area contributed by atoms with Gasteiger partial charge in [-0.05, 0) is 36.6 Å². The fourth-order valence-electron chi connectivity index (χ4n) is 3.06. The maximum absolute atomic E-state index is 13.7. The molecule has 0 aromatic carbocycles. The number of hydrogen-bond acceptors (Lipinski definition) is 2. The molecule has 0 spiro atoms. The fourth-order valence-corrected chi connectivity index (χ4v) is 3.06. The lowest BCUT2D eigenvalue weighted by molar-refractivity contribution is -0.126. The molecule has 0 aliphatic carbocycles. The minimum Gasteiger partial charge on any atom is -0.357 e. The molecule has 0 bridgehead atoms. The molecule has 5 nitrogen and oxygen atoms in total. The number of unbranched alkanes of at least 4 members (excludes halogenated alkanes) is 1. The molecule has 27 heavy (non-hydrogen) atoms. The van der Waals surface area contributed by atoms with Crippen LogP contribution in [0.5, 0.6) is 0 Å². The third-order valence-corrected chi connectivity index (χ3v) is 4.77. The number of amides is 2. The number of nitrogens with one attached hydrogen (secondary N) is 1. The molecule has 148 valence electrons. The van der Waals surface area contributed by atoms with Gasteiger partial charge in [-0.15, -0.1) is 0 Å². The zero-order chi connectivity index (χ0) is 19.9. The van der Waals surface area contributed by atoms with Crippen LogP contribution in [-0.2, 0) is 16.6 Å². The van der Waals surface area contributed by atoms with Gasteiger partial charge in [-0.3, -0.25) is 9.59 Å². The second kappa shape index (κ2) is 9.48. The minimum atomic E-state index is -2.62. The first-order valence-electron chi connectivity index (χ1n) is 9.18. The van der Waals surface area contributed by atoms with Gasteiger partial charge in [0.2, 0.25) is 18.2 Å². The monoisotopic (exact) mass is 379 g/mol. The number of carbonyl (C=O) groups excluding carboxylic acids is 2. The Balaban J connectivity index is 1.92. The van der Waals surface area contributed by atoms with Crippen LogP contribution in [0, 0.1) is 5.41 Å². The molecule has 2 amide bonds. The third-order valence-electron chi connectivity index (χ3n) is 4.77. The second-order valence-electron chi connectivity index (χ2n) is 7.03. The zero-order valence-electron chi connectivity index (χ0n) is 15.8. The first-order valence-corrected chi connectivity index (χ1v) is 9.18. The maximum Gasteiger partial charge on any atom is 0.247 e. The van der Waals surface area contributed by atoms with E-state index in [0.717, 1.165) is 18.4 Å². The molecule has 2 heterocycles. The van der Waals surface area contributed by atoms with E-state index >= 15 is 0 Å². The van der Waals surface area contributed by atoms with Gasteiger partial charge in [0.05, 0.1) is 5.41 Å². The molecule has 1 atom stereocenters. The van der Waals surface area contributed by atoms with Crippen LogP contribution in [0.15, 0.2) is 36.7 Å². The lowest BCUT2D eigenvalue weighted by atomic mass is 9.87. The van der Waals surface area contributed by atoms with E-state index in [-0.39, 0.29) is 32.0 Å². The molecule has 0 radical (unpaired) electrons. The standard InChI is InChI=1S/C20H27F2N3O2/c1-3-4-5-6-18(27)25-12-10-20(15-25,19(21)22)14-23-17(26)8-7-16-9-11-24(2)13-16/h5-9,11,13,19H,3-4,10,12,14-15H2,1-2H3,(H,23,26)/b6-5+,8-7+. The number of aryl methyl sites for hydroxylation is 1. The number of alkyl halides is 2. The highest BCUT2D eigenvalue weighted by atomic mass is 19.3. The van der Waals surface area contributed by atoms with Gasteiger partial charge in [0.25, 0.3) is 0 Å². The Kier molecular flexibility index (Phi) is 7.33. The Hall–Kier alpha value is -2.44. The normalized spacial score (nSPS) is 20.3. The molecule has 1 aliphatic rings. The molecular formula is C20H27F2N3O2. The van der Waals surface area contributed by atoms with Crippen LogP contribution in [0.1, 0.15) is 31.7 Å². The number of likely N-dealkylation sites (tertiary alicyclic amines) is 1. The van der Waals surface area contributed by atoms with E-state index < -0.39 is 17.7 Å². The van der Waals surface area contributed by atoms with Gasteiger partial charge in [-0.1, -0.05) is 19.4 Å². The molecule has 1 unspecified atom stereocenters. The van der Waals surface area contributed by atoms with E-state index in [1.807, 2.05) is 37.0 Å². The summed E-state index contributed by atoms with van der Waals surface area (Å²) in [5.74, 6) is -0.673. The maximum atomic E-state index is 13.7. The third kappa shape index (κ3) is 5.77. The van der Waals surface area contributed by atoms with Gasteiger partial charge in [-0.25, -0.2) is 8.78 Å². The predicted octanol–water partition coefficient (Wildman–Crippen LogP) is 2.99. The molecule has 0 saturated carbocycles. The van der Waals surface area contributed by atoms with Crippen molar-refractivity contribution in [1.82, 2.24) is 14.8 Å². The summed E-state index contributed by atoms with van der Waals surface area (Å²) in [6.07, 6.45) is 9.13. The summed E-state index contributed by atoms with van der Waals surface area (Å²) in [6.45, 7) is 2.06. The largest absolute Gasteiger partial charge is 0.357 e. The van der Waals surface area contributed by atoms with Crippen molar-refractivity contribution in [2.45, 2.75) is 32.6 Å². The molecule has 1 aliphatic heterocycles. The average Bonchev–Trinajstić information content (AvgIpc) is 3.25. The molecule has 1 fully saturated rings. The topological polar surface area (TPSA) is 54.3 Å². The molecular weight excluding hydrogens is 352 g/mol. The number of aromatic nitrogens is 1. The Bertz CT molecular complexity index is 712. The molecule has 1 saturated heterocycles. The van der Waals surface area contributed by atoms with E-state index in [2.05, 4.69) is 5.32 Å². The van der Waals surface area contributed by atoms with Crippen molar-refractivity contribution in [2.24, 2.45) is 12.5 Å². The minimum absolute atomic E-state index is 0.0529. The van der Waals surface area contributed by atoms with Gasteiger partial charge in [0.1, 0.15) is 0 Å². The predicted molar refractivity (Wildman–Crippen MR) is 101 cm³/mol. The average molecular weight is 379 g/mol. The SMILES string of the molecule is CCC/C=C/C(=O)N1CCC(CNC(=O)/C=C/c2ccn(C)c2)(C(F)F)C1. The van der Waals surface area contributed by atoms with Crippen LogP contribution < -0.4 is 5.32 Å². The number of carbonyl (C=O) groups is 2. The van der Waals surface area contributed by atoms with Crippen LogP contribution in [0.25, 0.3) is 6.08 Å². The van der Waals surface area contributed by atoms with E-state index in [1.54, 1.807) is 12.2 Å². The van der Waals surface area contributed by atoms with E-state index in [0.29, 0.717) is 0 Å². The molecule has 1 N–H and O–H groups in total. The summed E-state index contributed by atoms with van der Waals surface area (Å²) < 4.78 is 29.3. The Labute approximate surface area is 158 Å². The first-order chi connectivity index (χ1) is 12.9. The van der Waals surface area contributed by atoms with Gasteiger partial charge >= 0.3 is 0 Å². The summed E-state index contributed by atoms with van der Waals surface area (Å²) in [5.41, 5.74) is -0.544. The second-order valence-corrected chi connectivity index (χ2v) is 7.03. The van der Waals surface area contributed by atoms with E-state index in [9.17, 15) is 18.4 Å². The number of hydrogen-bond donors (Lipinski definition) is 1. The highest BCUT2D eigenvalue weighted by Crippen LogP contribution is 2.36. The zero-order valence-corrected chi connectivity index (χ0v) is 15.8. The number of allylic oxidation sites excluding steroid dienone is 1. The van der Waals surface area contributed by atoms with Crippen LogP contribution >= 0.6 is 0 Å². The quantitative estimate of drug-likeness (QED) is 0.706. The number of nitrogens with zero attached hydrogens (tertiary/aromatic N) is 2. The van der Waals surface area contributed by atoms with Crippen molar-refractivity contribution in [3.63, 3.8) is 0 Å². The van der Waals surface area contributed by atoms with E-state index in [4.69, 9.17) is 0 Å². The highest BCUT2D eigenvalue weighted by molar-refractivity contribution is 5.91. The van der Waals surface area contributed by atoms with Gasteiger partial charge in [-0.2, -0.15) is 0 Å². The molecule has 1 aromatic heterocycles. The van der Waals surface area contributed by atoms with Crippen LogP contribution in [0.2, 0.25) is 0 Å². The highest BCUT2D eigenvalue weighted by Gasteiger charge is 2.46. The molecule has 7 heteroatoms. The van der Waals surface area contributed by atoms with Crippen LogP contribution in [-0.4, -0.2) is 47.3 Å². The lowest BCUT2D eigenvalue weighted by Gasteiger charge is -2.28. The summed E-state index contributed by atoms with van der Waals surface area (Å²) in [7, 11) is 1.87. The smallest absolute Gasteiger partial charge is 0.247 e. The number of halogens is 2. The van der Waals surface area contributed by atoms with Gasteiger partial charge in [0, 0.05) is 45.2 Å². The fraction of sp³-hybridized carbons (Fsp3) is 0.500. The summed E-state index contributed by atoms with van der Waals surface area (Å²) in [5, 5.41) is 2.57. The summed E-state index contributed by atoms with van der Waals surface area (Å²) >= 11 is 0. The van der Waals surface area contributed by atoms with Crippen molar-refractivity contribution >= 4 is 17.9 Å². The Morgan fingerprint density at radius 1 is 1.37 bits per heavy atom. The summed E-state index contributed by atoms with van der Waals surface area (Å²) in [6, 6.07) is 1.84. The summed E-state index contributed by atoms with van der Waals surface area (Å²) in [4.78, 5) is 25.6. The van der Waals surface area contributed by atoms with Crippen molar-refractivity contribution in [3.8, 4) is 0 Å². The Morgan fingerprint density at radius 3 is 2.78 bits per heavy atom. The van der Waals surface area contributed by atoms with E-state index in [1.165, 1.54) is 17.1 Å². The van der Waals surface area contributed by atoms with Crippen molar-refractivity contribution in [1.29, 1.82) is 0 Å². The Morgan fingerprint density at radius 2 is 2.15 bits per heavy atom. The lowest BCUT2D eigenvalue weighted by Crippen LogP contribution is -2.44. The van der Waals surface area contributed by atoms with Crippen LogP contribution in [0.4, 0.5) is 8.78 Å². The van der Waals surface area contributed by atoms with Crippen molar-refractivity contribution in [3.05, 3.63) is 42.3 Å². The van der Waals surface area contributed by atoms with Crippen molar-refractivity contribution < 1.29 is 18.4 Å². The van der Waals surface area contributed by atoms with Gasteiger partial charge in [0.15, 0.2) is 0 Å². The number of rotatable bonds is 8. The van der Waals surface area contributed by atoms with Crippen LogP contribution in [0.3, 0.4) is 0 Å². The molecule has 2 rings (SSSR count).